The predicted octanol–water partition coefficient (Wildman–Crippen LogP) is 6.28. The molecule has 5 heteroatoms. The van der Waals surface area contributed by atoms with Crippen LogP contribution in [0.2, 0.25) is 0 Å². The van der Waals surface area contributed by atoms with Crippen molar-refractivity contribution in [3.63, 3.8) is 0 Å². The molecule has 0 radical (unpaired) electrons. The molecule has 5 aliphatic rings. The number of hydrogen-bond donors (Lipinski definition) is 2. The lowest BCUT2D eigenvalue weighted by Gasteiger charge is -2.71. The number of carbonyl (C=O) groups excluding carboxylic acids is 1. The molecular formula is C32H54O5. The van der Waals surface area contributed by atoms with Gasteiger partial charge in [-0.3, -0.25) is 4.79 Å². The Balaban J connectivity index is 1.45. The van der Waals surface area contributed by atoms with Crippen LogP contribution in [0.25, 0.3) is 0 Å². The molecule has 5 nitrogen and oxygen atoms in total. The van der Waals surface area contributed by atoms with Gasteiger partial charge in [-0.15, -0.1) is 0 Å². The molecular weight excluding hydrogens is 464 g/mol. The summed E-state index contributed by atoms with van der Waals surface area (Å²) in [4.78, 5) is 11.9. The van der Waals surface area contributed by atoms with E-state index in [0.29, 0.717) is 17.8 Å². The molecule has 0 aromatic rings. The molecule has 1 aliphatic heterocycles. The van der Waals surface area contributed by atoms with E-state index < -0.39 is 11.7 Å². The van der Waals surface area contributed by atoms with Crippen molar-refractivity contribution >= 4 is 5.97 Å². The number of ether oxygens (including phenoxy) is 2. The number of aliphatic hydroxyl groups excluding tert-OH is 1. The van der Waals surface area contributed by atoms with Gasteiger partial charge < -0.3 is 19.7 Å². The number of rotatable bonds is 3. The normalized spacial score (nSPS) is 53.2. The highest BCUT2D eigenvalue weighted by Crippen LogP contribution is 2.76. The zero-order valence-corrected chi connectivity index (χ0v) is 25.0. The van der Waals surface area contributed by atoms with Gasteiger partial charge in [0.25, 0.3) is 0 Å². The summed E-state index contributed by atoms with van der Waals surface area (Å²) in [5.74, 6) is 1.54. The van der Waals surface area contributed by atoms with Crippen LogP contribution in [0, 0.1) is 45.3 Å². The van der Waals surface area contributed by atoms with Crippen molar-refractivity contribution < 1.29 is 24.5 Å². The summed E-state index contributed by atoms with van der Waals surface area (Å²) in [6.45, 7) is 19.6. The van der Waals surface area contributed by atoms with Crippen LogP contribution in [-0.2, 0) is 14.3 Å². The quantitative estimate of drug-likeness (QED) is 0.430. The van der Waals surface area contributed by atoms with Gasteiger partial charge in [-0.2, -0.15) is 0 Å². The van der Waals surface area contributed by atoms with Crippen LogP contribution in [0.3, 0.4) is 0 Å². The Morgan fingerprint density at radius 2 is 1.57 bits per heavy atom. The average molecular weight is 519 g/mol. The maximum atomic E-state index is 12.0. The number of aliphatic hydroxyl groups is 2. The SMILES string of the molecule is CC(=O)O[C@@H]1CC[C@]2(C)[C@H]3CC[C@@H]4[C@@H]([C@]5(C)CC[C@@H](C(C)(C)O)O5)CC[C@@]4(C)[C@]3(C)C[C@@H](O)[C@H]2C1(C)C. The minimum atomic E-state index is -0.807. The molecule has 4 aliphatic carbocycles. The average Bonchev–Trinajstić information content (AvgIpc) is 3.32. The van der Waals surface area contributed by atoms with Gasteiger partial charge in [-0.1, -0.05) is 34.6 Å². The highest BCUT2D eigenvalue weighted by molar-refractivity contribution is 5.66. The smallest absolute Gasteiger partial charge is 0.302 e. The Morgan fingerprint density at radius 3 is 2.16 bits per heavy atom. The molecule has 5 rings (SSSR count). The third-order valence-electron chi connectivity index (χ3n) is 13.4. The fraction of sp³-hybridized carbons (Fsp3) is 0.969. The van der Waals surface area contributed by atoms with E-state index in [1.54, 1.807) is 0 Å². The molecule has 0 aromatic carbocycles. The minimum absolute atomic E-state index is 0.0262. The van der Waals surface area contributed by atoms with Gasteiger partial charge in [0, 0.05) is 12.3 Å². The maximum Gasteiger partial charge on any atom is 0.302 e. The number of carbonyl (C=O) groups is 1. The largest absolute Gasteiger partial charge is 0.462 e. The third-order valence-corrected chi connectivity index (χ3v) is 13.4. The number of hydrogen-bond acceptors (Lipinski definition) is 5. The molecule has 0 aromatic heterocycles. The van der Waals surface area contributed by atoms with Gasteiger partial charge >= 0.3 is 5.97 Å². The van der Waals surface area contributed by atoms with Crippen LogP contribution in [0.4, 0.5) is 0 Å². The first-order chi connectivity index (χ1) is 16.9. The van der Waals surface area contributed by atoms with E-state index in [1.165, 1.54) is 32.6 Å². The Bertz CT molecular complexity index is 923. The molecule has 212 valence electrons. The number of esters is 1. The van der Waals surface area contributed by atoms with Crippen molar-refractivity contribution in [2.24, 2.45) is 45.3 Å². The molecule has 5 fully saturated rings. The van der Waals surface area contributed by atoms with E-state index in [0.717, 1.165) is 32.1 Å². The van der Waals surface area contributed by atoms with Crippen LogP contribution in [0.1, 0.15) is 120 Å². The molecule has 0 unspecified atom stereocenters. The first-order valence-corrected chi connectivity index (χ1v) is 15.2. The van der Waals surface area contributed by atoms with E-state index >= 15 is 0 Å². The predicted molar refractivity (Wildman–Crippen MR) is 145 cm³/mol. The summed E-state index contributed by atoms with van der Waals surface area (Å²) in [6, 6.07) is 0. The van der Waals surface area contributed by atoms with Crippen molar-refractivity contribution in [1.29, 1.82) is 0 Å². The second-order valence-electron chi connectivity index (χ2n) is 16.0. The molecule has 37 heavy (non-hydrogen) atoms. The van der Waals surface area contributed by atoms with Gasteiger partial charge in [-0.05, 0) is 118 Å². The highest BCUT2D eigenvalue weighted by Gasteiger charge is 2.72. The van der Waals surface area contributed by atoms with E-state index in [4.69, 9.17) is 9.47 Å². The summed E-state index contributed by atoms with van der Waals surface area (Å²) in [5, 5.41) is 22.6. The van der Waals surface area contributed by atoms with Crippen LogP contribution in [0.15, 0.2) is 0 Å². The zero-order valence-electron chi connectivity index (χ0n) is 25.0. The van der Waals surface area contributed by atoms with Crippen LogP contribution in [-0.4, -0.2) is 45.7 Å². The van der Waals surface area contributed by atoms with Crippen molar-refractivity contribution in [3.05, 3.63) is 0 Å². The summed E-state index contributed by atoms with van der Waals surface area (Å²) in [5.41, 5.74) is -1.00. The van der Waals surface area contributed by atoms with Crippen LogP contribution >= 0.6 is 0 Å². The molecule has 4 saturated carbocycles. The Kier molecular flexibility index (Phi) is 6.35. The first-order valence-electron chi connectivity index (χ1n) is 15.2. The lowest BCUT2D eigenvalue weighted by atomic mass is 9.35. The van der Waals surface area contributed by atoms with Crippen molar-refractivity contribution in [2.45, 2.75) is 150 Å². The Hall–Kier alpha value is -0.650. The number of fused-ring (bicyclic) bond motifs is 5. The summed E-state index contributed by atoms with van der Waals surface area (Å²) < 4.78 is 12.5. The first kappa shape index (κ1) is 27.9. The molecule has 0 spiro atoms. The fourth-order valence-electron chi connectivity index (χ4n) is 11.7. The lowest BCUT2D eigenvalue weighted by molar-refractivity contribution is -0.262. The van der Waals surface area contributed by atoms with Gasteiger partial charge in [0.15, 0.2) is 0 Å². The van der Waals surface area contributed by atoms with E-state index in [1.807, 2.05) is 13.8 Å². The summed E-state index contributed by atoms with van der Waals surface area (Å²) in [6.07, 6.45) is 8.83. The highest BCUT2D eigenvalue weighted by atomic mass is 16.5. The fourth-order valence-corrected chi connectivity index (χ4v) is 11.7. The van der Waals surface area contributed by atoms with Gasteiger partial charge in [0.05, 0.1) is 23.4 Å². The van der Waals surface area contributed by atoms with Crippen molar-refractivity contribution in [3.8, 4) is 0 Å². The Labute approximate surface area is 225 Å². The van der Waals surface area contributed by atoms with Crippen molar-refractivity contribution in [1.82, 2.24) is 0 Å². The zero-order chi connectivity index (χ0) is 27.4. The van der Waals surface area contributed by atoms with Gasteiger partial charge in [-0.25, -0.2) is 0 Å². The molecule has 0 amide bonds. The van der Waals surface area contributed by atoms with E-state index in [-0.39, 0.29) is 51.4 Å². The molecule has 1 saturated heterocycles. The maximum absolute atomic E-state index is 12.0. The summed E-state index contributed by atoms with van der Waals surface area (Å²) in [7, 11) is 0. The molecule has 2 N–H and O–H groups in total. The van der Waals surface area contributed by atoms with Crippen molar-refractivity contribution in [2.75, 3.05) is 0 Å². The van der Waals surface area contributed by atoms with E-state index in [2.05, 4.69) is 41.5 Å². The monoisotopic (exact) mass is 518 g/mol. The lowest BCUT2D eigenvalue weighted by Crippen LogP contribution is -2.68. The van der Waals surface area contributed by atoms with E-state index in [9.17, 15) is 15.0 Å². The van der Waals surface area contributed by atoms with Gasteiger partial charge in [0.2, 0.25) is 0 Å². The molecule has 0 bridgehead atoms. The third kappa shape index (κ3) is 3.83. The second-order valence-corrected chi connectivity index (χ2v) is 16.0. The summed E-state index contributed by atoms with van der Waals surface area (Å²) >= 11 is 0. The second kappa shape index (κ2) is 8.43. The minimum Gasteiger partial charge on any atom is -0.462 e. The van der Waals surface area contributed by atoms with Crippen LogP contribution in [0.5, 0.6) is 0 Å². The molecule has 1 heterocycles. The molecule has 11 atom stereocenters. The topological polar surface area (TPSA) is 76.0 Å². The van der Waals surface area contributed by atoms with Crippen LogP contribution < -0.4 is 0 Å². The van der Waals surface area contributed by atoms with Gasteiger partial charge in [0.1, 0.15) is 6.10 Å². The standard InChI is InChI=1S/C32H54O5/c1-19(33)36-24-13-15-29(6)23-11-10-20-21(32(9)17-14-25(37-32)28(4,5)35)12-16-30(20,7)31(23,8)18-22(34)26(29)27(24,2)3/h20-26,34-35H,10-18H2,1-9H3/t20-,21+,22-,23-,24-,25+,26+,29-,30-,31-,32+/m1/s1. The Morgan fingerprint density at radius 1 is 0.892 bits per heavy atom.